The molecule has 250 valence electrons. The van der Waals surface area contributed by atoms with Crippen LogP contribution >= 0.6 is 13.5 Å². The molecule has 5 saturated carbocycles. The number of esters is 1. The number of Topliss-reactive ketones (excluding diaryl/α,β-unsaturated/α-hetero) is 1. The molecule has 2 spiro atoms. The molecular formula is C35H57NO7S. The molecule has 10 unspecified atom stereocenters. The van der Waals surface area contributed by atoms with Crippen molar-refractivity contribution >= 4 is 25.2 Å². The van der Waals surface area contributed by atoms with Crippen LogP contribution in [-0.4, -0.2) is 84.8 Å². The van der Waals surface area contributed by atoms with Crippen molar-refractivity contribution in [3.63, 3.8) is 0 Å². The summed E-state index contributed by atoms with van der Waals surface area (Å²) >= 11 is 0. The Balaban J connectivity index is 0.00000343. The molecule has 7 fully saturated rings. The first-order chi connectivity index (χ1) is 20.1. The highest BCUT2D eigenvalue weighted by molar-refractivity contribution is 7.59. The molecule has 0 bridgehead atoms. The average Bonchev–Trinajstić information content (AvgIpc) is 3.54. The summed E-state index contributed by atoms with van der Waals surface area (Å²) in [6, 6.07) is 0. The van der Waals surface area contributed by atoms with Gasteiger partial charge in [0.1, 0.15) is 6.10 Å². The maximum Gasteiger partial charge on any atom is 0.303 e. The Kier molecular flexibility index (Phi) is 8.23. The van der Waals surface area contributed by atoms with Crippen molar-refractivity contribution in [2.75, 3.05) is 26.7 Å². The second-order valence-electron chi connectivity index (χ2n) is 17.1. The smallest absolute Gasteiger partial charge is 0.303 e. The third-order valence-electron chi connectivity index (χ3n) is 14.2. The van der Waals surface area contributed by atoms with Crippen LogP contribution in [0.4, 0.5) is 0 Å². The summed E-state index contributed by atoms with van der Waals surface area (Å²) in [5, 5.41) is 10.8. The van der Waals surface area contributed by atoms with E-state index >= 15 is 0 Å². The SMILES string of the molecule is CC(=O)O[C@@H](C1CCC2C(O1)C(=O)C1C3CCC4C(C)(C)[C@@H](OC5CN(C)CCO5)CCC45CC35CCC21C)C(C)(C)O.S. The van der Waals surface area contributed by atoms with Gasteiger partial charge in [-0.15, -0.1) is 0 Å². The Morgan fingerprint density at radius 3 is 2.45 bits per heavy atom. The van der Waals surface area contributed by atoms with Crippen molar-refractivity contribution in [3.05, 3.63) is 0 Å². The highest BCUT2D eigenvalue weighted by atomic mass is 32.1. The molecule has 8 nitrogen and oxygen atoms in total. The molecule has 7 rings (SSSR count). The molecule has 7 aliphatic rings. The van der Waals surface area contributed by atoms with E-state index in [2.05, 4.69) is 32.7 Å². The number of ketones is 1. The fourth-order valence-electron chi connectivity index (χ4n) is 12.3. The maximum atomic E-state index is 14.5. The van der Waals surface area contributed by atoms with E-state index in [0.717, 1.165) is 51.8 Å². The molecule has 0 radical (unpaired) electrons. The summed E-state index contributed by atoms with van der Waals surface area (Å²) in [6.07, 6.45) is 8.01. The van der Waals surface area contributed by atoms with Gasteiger partial charge in [-0.05, 0) is 118 Å². The van der Waals surface area contributed by atoms with Crippen LogP contribution in [0.25, 0.3) is 0 Å². The van der Waals surface area contributed by atoms with Gasteiger partial charge in [-0.1, -0.05) is 20.8 Å². The number of carbonyl (C=O) groups excluding carboxylic acids is 2. The van der Waals surface area contributed by atoms with E-state index in [1.165, 1.54) is 26.2 Å². The molecule has 2 heterocycles. The maximum absolute atomic E-state index is 14.5. The van der Waals surface area contributed by atoms with Crippen molar-refractivity contribution in [1.29, 1.82) is 0 Å². The molecule has 2 aliphatic heterocycles. The number of carbonyl (C=O) groups is 2. The predicted octanol–water partition coefficient (Wildman–Crippen LogP) is 4.86. The van der Waals surface area contributed by atoms with Crippen LogP contribution in [0.5, 0.6) is 0 Å². The van der Waals surface area contributed by atoms with Gasteiger partial charge in [0.2, 0.25) is 0 Å². The second-order valence-corrected chi connectivity index (χ2v) is 17.1. The highest BCUT2D eigenvalue weighted by Crippen LogP contribution is 2.87. The fourth-order valence-corrected chi connectivity index (χ4v) is 12.3. The van der Waals surface area contributed by atoms with Gasteiger partial charge < -0.3 is 24.1 Å². The zero-order valence-corrected chi connectivity index (χ0v) is 29.0. The van der Waals surface area contributed by atoms with Crippen LogP contribution in [0.1, 0.15) is 99.3 Å². The lowest BCUT2D eigenvalue weighted by atomic mass is 9.46. The summed E-state index contributed by atoms with van der Waals surface area (Å²) in [5.74, 6) is 1.11. The normalized spacial score (nSPS) is 48.4. The molecule has 2 saturated heterocycles. The number of nitrogens with zero attached hydrogens (tertiary/aromatic N) is 1. The molecule has 0 amide bonds. The average molecular weight is 636 g/mol. The van der Waals surface area contributed by atoms with Gasteiger partial charge in [-0.25, -0.2) is 0 Å². The number of likely N-dealkylation sites (N-methyl/N-ethyl adjacent to an activating group) is 1. The monoisotopic (exact) mass is 635 g/mol. The zero-order valence-electron chi connectivity index (χ0n) is 28.0. The van der Waals surface area contributed by atoms with Crippen LogP contribution in [0.2, 0.25) is 0 Å². The van der Waals surface area contributed by atoms with Crippen molar-refractivity contribution in [3.8, 4) is 0 Å². The van der Waals surface area contributed by atoms with Gasteiger partial charge in [0.25, 0.3) is 0 Å². The Labute approximate surface area is 271 Å². The van der Waals surface area contributed by atoms with Crippen LogP contribution < -0.4 is 0 Å². The Morgan fingerprint density at radius 1 is 1.05 bits per heavy atom. The first-order valence-corrected chi connectivity index (χ1v) is 17.2. The first kappa shape index (κ1) is 33.2. The lowest BCUT2D eigenvalue weighted by molar-refractivity contribution is -0.243. The Bertz CT molecular complexity index is 1160. The Morgan fingerprint density at radius 2 is 1.77 bits per heavy atom. The van der Waals surface area contributed by atoms with E-state index in [0.29, 0.717) is 23.7 Å². The topological polar surface area (TPSA) is 94.5 Å². The number of rotatable bonds is 5. The predicted molar refractivity (Wildman–Crippen MR) is 170 cm³/mol. The van der Waals surface area contributed by atoms with E-state index in [4.69, 9.17) is 18.9 Å². The molecule has 5 aliphatic carbocycles. The van der Waals surface area contributed by atoms with Crippen LogP contribution in [-0.2, 0) is 28.5 Å². The van der Waals surface area contributed by atoms with Gasteiger partial charge in [-0.2, -0.15) is 13.5 Å². The molecule has 9 heteroatoms. The minimum Gasteiger partial charge on any atom is -0.457 e. The minimum atomic E-state index is -1.25. The first-order valence-electron chi connectivity index (χ1n) is 17.2. The lowest BCUT2D eigenvalue weighted by Gasteiger charge is -2.59. The number of ether oxygens (including phenoxy) is 4. The molecule has 44 heavy (non-hydrogen) atoms. The third kappa shape index (κ3) is 4.71. The van der Waals surface area contributed by atoms with Gasteiger partial charge in [0.05, 0.1) is 24.4 Å². The quantitative estimate of drug-likeness (QED) is 0.429. The van der Waals surface area contributed by atoms with Crippen molar-refractivity contribution in [2.45, 2.75) is 136 Å². The van der Waals surface area contributed by atoms with Gasteiger partial charge in [0, 0.05) is 25.9 Å². The van der Waals surface area contributed by atoms with E-state index in [9.17, 15) is 14.7 Å². The molecule has 12 atom stereocenters. The van der Waals surface area contributed by atoms with Crippen molar-refractivity contribution in [1.82, 2.24) is 4.90 Å². The van der Waals surface area contributed by atoms with Crippen molar-refractivity contribution in [2.24, 2.45) is 45.3 Å². The lowest BCUT2D eigenvalue weighted by Crippen LogP contribution is -2.56. The van der Waals surface area contributed by atoms with Crippen LogP contribution in [0.3, 0.4) is 0 Å². The summed E-state index contributed by atoms with van der Waals surface area (Å²) < 4.78 is 24.9. The second kappa shape index (κ2) is 10.9. The Hall–Kier alpha value is -0.710. The summed E-state index contributed by atoms with van der Waals surface area (Å²) in [7, 11) is 2.14. The van der Waals surface area contributed by atoms with Gasteiger partial charge in [-0.3, -0.25) is 14.5 Å². The third-order valence-corrected chi connectivity index (χ3v) is 14.2. The minimum absolute atomic E-state index is 0. The molecular weight excluding hydrogens is 578 g/mol. The van der Waals surface area contributed by atoms with E-state index < -0.39 is 29.9 Å². The van der Waals surface area contributed by atoms with Crippen molar-refractivity contribution < 1.29 is 33.6 Å². The standard InChI is InChI=1S/C35H55NO7.H2S/c1-20(37)41-30(32(4,5)39)23-10-8-22-29(42-23)28(38)27-21-9-11-24-31(2,3)25(43-26-18-36(7)16-17-40-26)12-13-35(24)19-34(21,35)15-14-33(22,27)6;/h21-27,29-30,39H,8-19H2,1-7H3;1H2/t21?,22?,23?,24?,25-,26?,27?,29?,30-,33?,34?,35?;/m0./s1. The fraction of sp³-hybridized carbons (Fsp3) is 0.943. The number of morpholine rings is 1. The zero-order chi connectivity index (χ0) is 30.7. The summed E-state index contributed by atoms with van der Waals surface area (Å²) in [5.41, 5.74) is -0.646. The highest BCUT2D eigenvalue weighted by Gasteiger charge is 2.82. The molecule has 0 aromatic carbocycles. The van der Waals surface area contributed by atoms with Gasteiger partial charge in [0.15, 0.2) is 18.2 Å². The van der Waals surface area contributed by atoms with E-state index in [1.54, 1.807) is 13.8 Å². The molecule has 0 aromatic rings. The van der Waals surface area contributed by atoms with Crippen LogP contribution in [0.15, 0.2) is 0 Å². The number of hydrogen-bond acceptors (Lipinski definition) is 8. The summed E-state index contributed by atoms with van der Waals surface area (Å²) in [4.78, 5) is 28.7. The van der Waals surface area contributed by atoms with E-state index in [1.807, 2.05) is 0 Å². The van der Waals surface area contributed by atoms with Crippen LogP contribution in [0, 0.1) is 45.3 Å². The molecule has 0 aromatic heterocycles. The number of hydrogen-bond donors (Lipinski definition) is 1. The van der Waals surface area contributed by atoms with Gasteiger partial charge >= 0.3 is 5.97 Å². The largest absolute Gasteiger partial charge is 0.457 e. The van der Waals surface area contributed by atoms with E-state index in [-0.39, 0.29) is 59.8 Å². The number of fused-ring (bicyclic) bond motifs is 4. The summed E-state index contributed by atoms with van der Waals surface area (Å²) in [6.45, 7) is 14.5. The number of aliphatic hydroxyl groups is 1. The molecule has 1 N–H and O–H groups in total.